The Labute approximate surface area is 146 Å². The van der Waals surface area contributed by atoms with Crippen molar-refractivity contribution in [1.29, 1.82) is 0 Å². The van der Waals surface area contributed by atoms with Gasteiger partial charge in [-0.25, -0.2) is 9.48 Å². The highest BCUT2D eigenvalue weighted by Crippen LogP contribution is 2.24. The first-order valence-electron chi connectivity index (χ1n) is 8.03. The van der Waals surface area contributed by atoms with Gasteiger partial charge in [-0.05, 0) is 30.0 Å². The van der Waals surface area contributed by atoms with Gasteiger partial charge in [0.05, 0.1) is 25.4 Å². The van der Waals surface area contributed by atoms with E-state index in [1.54, 1.807) is 21.8 Å². The minimum Gasteiger partial charge on any atom is -0.394 e. The Morgan fingerprint density at radius 2 is 2.12 bits per heavy atom. The Kier molecular flexibility index (Phi) is 5.06. The van der Waals surface area contributed by atoms with Crippen molar-refractivity contribution in [3.8, 4) is 0 Å². The van der Waals surface area contributed by atoms with Crippen LogP contribution in [0.2, 0.25) is 5.02 Å². The number of aliphatic hydroxyl groups is 1. The molecule has 2 amide bonds. The Balaban J connectivity index is 1.69. The van der Waals surface area contributed by atoms with E-state index in [2.05, 4.69) is 17.3 Å². The molecule has 0 bridgehead atoms. The van der Waals surface area contributed by atoms with Gasteiger partial charge >= 0.3 is 6.03 Å². The molecule has 0 spiro atoms. The Bertz CT molecular complexity index is 701. The second kappa shape index (κ2) is 7.23. The number of likely N-dealkylation sites (tertiary alicyclic amines) is 1. The lowest BCUT2D eigenvalue weighted by atomic mass is 10.0. The lowest BCUT2D eigenvalue weighted by Crippen LogP contribution is -2.42. The van der Waals surface area contributed by atoms with Crippen molar-refractivity contribution < 1.29 is 9.90 Å². The molecule has 2 aromatic rings. The standard InChI is InChI=1S/C17H21ClN4O2/c1-12-7-9-21(15(12)11-23)17(24)20-16-6-8-19-22(16)10-13-2-4-14(18)5-3-13/h2-6,8,12,15,23H,7,9-11H2,1H3,(H,20,24)/t12-,15-/m0/s1. The first-order valence-corrected chi connectivity index (χ1v) is 8.41. The molecule has 1 aromatic heterocycles. The zero-order valence-corrected chi connectivity index (χ0v) is 14.3. The molecule has 1 saturated heterocycles. The number of carbonyl (C=O) groups is 1. The smallest absolute Gasteiger partial charge is 0.323 e. The number of hydrogen-bond donors (Lipinski definition) is 2. The molecule has 0 unspecified atom stereocenters. The number of hydrogen-bond acceptors (Lipinski definition) is 3. The van der Waals surface area contributed by atoms with E-state index >= 15 is 0 Å². The van der Waals surface area contributed by atoms with Gasteiger partial charge in [-0.1, -0.05) is 30.7 Å². The molecule has 1 aliphatic rings. The average Bonchev–Trinajstić information content (AvgIpc) is 3.16. The van der Waals surface area contributed by atoms with E-state index in [0.717, 1.165) is 12.0 Å². The molecule has 2 N–H and O–H groups in total. The van der Waals surface area contributed by atoms with E-state index in [1.807, 2.05) is 24.3 Å². The number of aromatic nitrogens is 2. The Hall–Kier alpha value is -2.05. The Morgan fingerprint density at radius 3 is 2.83 bits per heavy atom. The van der Waals surface area contributed by atoms with Crippen molar-refractivity contribution in [3.63, 3.8) is 0 Å². The fraction of sp³-hybridized carbons (Fsp3) is 0.412. The number of benzene rings is 1. The number of nitrogens with zero attached hydrogens (tertiary/aromatic N) is 3. The molecule has 0 saturated carbocycles. The quantitative estimate of drug-likeness (QED) is 0.892. The van der Waals surface area contributed by atoms with E-state index in [9.17, 15) is 9.90 Å². The highest BCUT2D eigenvalue weighted by atomic mass is 35.5. The third kappa shape index (κ3) is 3.55. The number of halogens is 1. The molecular weight excluding hydrogens is 328 g/mol. The van der Waals surface area contributed by atoms with Crippen LogP contribution in [0.15, 0.2) is 36.5 Å². The van der Waals surface area contributed by atoms with Crippen LogP contribution in [0, 0.1) is 5.92 Å². The molecule has 1 fully saturated rings. The number of rotatable bonds is 4. The summed E-state index contributed by atoms with van der Waals surface area (Å²) in [5.74, 6) is 0.936. The summed E-state index contributed by atoms with van der Waals surface area (Å²) in [4.78, 5) is 14.2. The summed E-state index contributed by atoms with van der Waals surface area (Å²) in [6.45, 7) is 3.24. The third-order valence-electron chi connectivity index (χ3n) is 4.53. The average molecular weight is 349 g/mol. The van der Waals surface area contributed by atoms with Gasteiger partial charge in [-0.15, -0.1) is 0 Å². The van der Waals surface area contributed by atoms with Crippen molar-refractivity contribution in [2.75, 3.05) is 18.5 Å². The molecule has 128 valence electrons. The second-order valence-corrected chi connectivity index (χ2v) is 6.58. The van der Waals surface area contributed by atoms with Crippen LogP contribution in [0.25, 0.3) is 0 Å². The summed E-state index contributed by atoms with van der Waals surface area (Å²) < 4.78 is 1.73. The number of nitrogens with one attached hydrogen (secondary N) is 1. The van der Waals surface area contributed by atoms with Crippen molar-refractivity contribution >= 4 is 23.4 Å². The van der Waals surface area contributed by atoms with Gasteiger partial charge in [0.15, 0.2) is 0 Å². The second-order valence-electron chi connectivity index (χ2n) is 6.14. The molecule has 1 aliphatic heterocycles. The maximum atomic E-state index is 12.5. The summed E-state index contributed by atoms with van der Waals surface area (Å²) >= 11 is 5.90. The molecule has 2 atom stereocenters. The van der Waals surface area contributed by atoms with Gasteiger partial charge in [-0.2, -0.15) is 5.10 Å². The fourth-order valence-electron chi connectivity index (χ4n) is 3.05. The molecule has 3 rings (SSSR count). The number of amides is 2. The highest BCUT2D eigenvalue weighted by Gasteiger charge is 2.34. The molecule has 24 heavy (non-hydrogen) atoms. The van der Waals surface area contributed by atoms with E-state index in [-0.39, 0.29) is 18.7 Å². The van der Waals surface area contributed by atoms with Crippen molar-refractivity contribution in [2.45, 2.75) is 25.9 Å². The summed E-state index contributed by atoms with van der Waals surface area (Å²) in [7, 11) is 0. The topological polar surface area (TPSA) is 70.4 Å². The monoisotopic (exact) mass is 348 g/mol. The molecule has 0 aliphatic carbocycles. The van der Waals surface area contributed by atoms with Crippen LogP contribution in [-0.2, 0) is 6.54 Å². The van der Waals surface area contributed by atoms with E-state index in [1.165, 1.54) is 0 Å². The third-order valence-corrected chi connectivity index (χ3v) is 4.78. The van der Waals surface area contributed by atoms with Gasteiger partial charge in [0.25, 0.3) is 0 Å². The minimum absolute atomic E-state index is 0.0153. The number of anilines is 1. The largest absolute Gasteiger partial charge is 0.394 e. The van der Waals surface area contributed by atoms with Crippen LogP contribution >= 0.6 is 11.6 Å². The highest BCUT2D eigenvalue weighted by molar-refractivity contribution is 6.30. The summed E-state index contributed by atoms with van der Waals surface area (Å²) in [6, 6.07) is 8.96. The lowest BCUT2D eigenvalue weighted by molar-refractivity contribution is 0.152. The van der Waals surface area contributed by atoms with Gasteiger partial charge in [0.1, 0.15) is 5.82 Å². The summed E-state index contributed by atoms with van der Waals surface area (Å²) in [5.41, 5.74) is 1.04. The van der Waals surface area contributed by atoms with Crippen molar-refractivity contribution in [3.05, 3.63) is 47.1 Å². The van der Waals surface area contributed by atoms with Crippen LogP contribution in [0.1, 0.15) is 18.9 Å². The number of urea groups is 1. The van der Waals surface area contributed by atoms with E-state index in [0.29, 0.717) is 29.8 Å². The normalized spacial score (nSPS) is 20.4. The van der Waals surface area contributed by atoms with Gasteiger partial charge in [-0.3, -0.25) is 5.32 Å². The van der Waals surface area contributed by atoms with Crippen LogP contribution in [-0.4, -0.2) is 45.0 Å². The maximum absolute atomic E-state index is 12.5. The maximum Gasteiger partial charge on any atom is 0.323 e. The van der Waals surface area contributed by atoms with Gasteiger partial charge in [0.2, 0.25) is 0 Å². The van der Waals surface area contributed by atoms with E-state index in [4.69, 9.17) is 11.6 Å². The summed E-state index contributed by atoms with van der Waals surface area (Å²) in [6.07, 6.45) is 2.56. The molecule has 7 heteroatoms. The van der Waals surface area contributed by atoms with Gasteiger partial charge in [0, 0.05) is 17.6 Å². The fourth-order valence-corrected chi connectivity index (χ4v) is 3.17. The predicted octanol–water partition coefficient (Wildman–Crippen LogP) is 2.82. The molecular formula is C17H21ClN4O2. The SMILES string of the molecule is C[C@H]1CCN(C(=O)Nc2ccnn2Cc2ccc(Cl)cc2)[C@H]1CO. The predicted molar refractivity (Wildman–Crippen MR) is 93.2 cm³/mol. The van der Waals surface area contributed by atoms with Crippen LogP contribution in [0.4, 0.5) is 10.6 Å². The Morgan fingerprint density at radius 1 is 1.38 bits per heavy atom. The molecule has 2 heterocycles. The van der Waals surface area contributed by atoms with Crippen LogP contribution in [0.3, 0.4) is 0 Å². The van der Waals surface area contributed by atoms with E-state index < -0.39 is 0 Å². The molecule has 6 nitrogen and oxygen atoms in total. The number of carbonyl (C=O) groups excluding carboxylic acids is 1. The van der Waals surface area contributed by atoms with Crippen molar-refractivity contribution in [2.24, 2.45) is 5.92 Å². The first-order chi connectivity index (χ1) is 11.6. The zero-order chi connectivity index (χ0) is 17.1. The zero-order valence-electron chi connectivity index (χ0n) is 13.5. The number of aliphatic hydroxyl groups excluding tert-OH is 1. The van der Waals surface area contributed by atoms with Crippen molar-refractivity contribution in [1.82, 2.24) is 14.7 Å². The minimum atomic E-state index is -0.198. The van der Waals surface area contributed by atoms with Crippen LogP contribution in [0.5, 0.6) is 0 Å². The summed E-state index contributed by atoms with van der Waals surface area (Å²) in [5, 5.41) is 17.4. The van der Waals surface area contributed by atoms with Crippen LogP contribution < -0.4 is 5.32 Å². The lowest BCUT2D eigenvalue weighted by Gasteiger charge is -2.25. The first kappa shape index (κ1) is 16.8. The van der Waals surface area contributed by atoms with Gasteiger partial charge < -0.3 is 10.0 Å². The molecule has 0 radical (unpaired) electrons. The molecule has 1 aromatic carbocycles.